The molecular formula is C32H30N4O6. The molecular weight excluding hydrogens is 536 g/mol. The summed E-state index contributed by atoms with van der Waals surface area (Å²) in [5.74, 6) is -0.688. The lowest BCUT2D eigenvalue weighted by Gasteiger charge is -2.39. The number of hydrogen-bond donors (Lipinski definition) is 1. The molecule has 0 saturated carbocycles. The Labute approximate surface area is 241 Å². The van der Waals surface area contributed by atoms with Crippen molar-refractivity contribution < 1.29 is 19.2 Å². The van der Waals surface area contributed by atoms with Crippen LogP contribution >= 0.6 is 0 Å². The SMILES string of the molecule is COC(=O)[C@H](COc1cc2c(cc1[N+](=O)[O-])n(C)c(=O)n2C)NC(c1ccccc1)(c1ccccc1)c1ccccc1. The zero-order valence-corrected chi connectivity index (χ0v) is 23.4. The van der Waals surface area contributed by atoms with E-state index in [1.165, 1.54) is 28.4 Å². The first kappa shape index (κ1) is 28.3. The molecule has 10 nitrogen and oxygen atoms in total. The Morgan fingerprint density at radius 3 is 1.74 bits per heavy atom. The molecule has 1 N–H and O–H groups in total. The molecule has 4 aromatic carbocycles. The zero-order valence-electron chi connectivity index (χ0n) is 23.4. The van der Waals surface area contributed by atoms with Gasteiger partial charge in [-0.05, 0) is 16.7 Å². The maximum atomic E-state index is 13.3. The third-order valence-corrected chi connectivity index (χ3v) is 7.45. The number of nitro groups is 1. The van der Waals surface area contributed by atoms with Gasteiger partial charge in [0.2, 0.25) is 0 Å². The van der Waals surface area contributed by atoms with Crippen LogP contribution in [-0.4, -0.2) is 39.8 Å². The summed E-state index contributed by atoms with van der Waals surface area (Å²) < 4.78 is 13.9. The number of nitro benzene ring substituents is 1. The van der Waals surface area contributed by atoms with Gasteiger partial charge < -0.3 is 9.47 Å². The van der Waals surface area contributed by atoms with Crippen LogP contribution in [0.5, 0.6) is 5.75 Å². The van der Waals surface area contributed by atoms with Gasteiger partial charge in [0, 0.05) is 26.2 Å². The summed E-state index contributed by atoms with van der Waals surface area (Å²) in [6, 6.07) is 30.8. The predicted molar refractivity (Wildman–Crippen MR) is 158 cm³/mol. The van der Waals surface area contributed by atoms with Gasteiger partial charge >= 0.3 is 17.3 Å². The summed E-state index contributed by atoms with van der Waals surface area (Å²) in [4.78, 5) is 37.2. The van der Waals surface area contributed by atoms with Crippen LogP contribution in [0, 0.1) is 10.1 Å². The van der Waals surface area contributed by atoms with Gasteiger partial charge in [0.15, 0.2) is 5.75 Å². The highest BCUT2D eigenvalue weighted by Gasteiger charge is 2.40. The fraction of sp³-hybridized carbons (Fsp3) is 0.188. The number of nitrogens with zero attached hydrogens (tertiary/aromatic N) is 3. The molecule has 42 heavy (non-hydrogen) atoms. The van der Waals surface area contributed by atoms with Crippen LogP contribution in [0.2, 0.25) is 0 Å². The van der Waals surface area contributed by atoms with Gasteiger partial charge in [0.25, 0.3) is 0 Å². The molecule has 0 unspecified atom stereocenters. The average Bonchev–Trinajstić information content (AvgIpc) is 3.24. The van der Waals surface area contributed by atoms with Crippen molar-refractivity contribution in [2.24, 2.45) is 14.1 Å². The van der Waals surface area contributed by atoms with E-state index in [1.807, 2.05) is 91.0 Å². The molecule has 0 bridgehead atoms. The van der Waals surface area contributed by atoms with E-state index in [0.717, 1.165) is 16.7 Å². The van der Waals surface area contributed by atoms with Crippen molar-refractivity contribution in [1.82, 2.24) is 14.5 Å². The number of aromatic nitrogens is 2. The van der Waals surface area contributed by atoms with Gasteiger partial charge in [-0.3, -0.25) is 29.4 Å². The monoisotopic (exact) mass is 566 g/mol. The van der Waals surface area contributed by atoms with Gasteiger partial charge in [-0.25, -0.2) is 4.79 Å². The molecule has 5 rings (SSSR count). The maximum absolute atomic E-state index is 13.3. The average molecular weight is 567 g/mol. The van der Waals surface area contributed by atoms with Crippen LogP contribution in [-0.2, 0) is 29.2 Å². The van der Waals surface area contributed by atoms with Crippen molar-refractivity contribution in [2.75, 3.05) is 13.7 Å². The van der Waals surface area contributed by atoms with Gasteiger partial charge in [0.1, 0.15) is 12.6 Å². The van der Waals surface area contributed by atoms with E-state index < -0.39 is 22.5 Å². The Morgan fingerprint density at radius 1 is 0.857 bits per heavy atom. The summed E-state index contributed by atoms with van der Waals surface area (Å²) in [5.41, 5.74) is 1.76. The number of rotatable bonds is 10. The topological polar surface area (TPSA) is 118 Å². The molecule has 1 aromatic heterocycles. The molecule has 0 fully saturated rings. The van der Waals surface area contributed by atoms with Gasteiger partial charge in [-0.1, -0.05) is 91.0 Å². The summed E-state index contributed by atoms with van der Waals surface area (Å²) in [6.45, 7) is -0.298. The van der Waals surface area contributed by atoms with Crippen molar-refractivity contribution in [1.29, 1.82) is 0 Å². The van der Waals surface area contributed by atoms with E-state index in [1.54, 1.807) is 14.1 Å². The Balaban J connectivity index is 1.62. The molecule has 0 aliphatic heterocycles. The van der Waals surface area contributed by atoms with Gasteiger partial charge in [-0.2, -0.15) is 0 Å². The minimum absolute atomic E-state index is 0.0749. The Bertz CT molecular complexity index is 1690. The molecule has 0 aliphatic carbocycles. The highest BCUT2D eigenvalue weighted by Crippen LogP contribution is 2.38. The first-order chi connectivity index (χ1) is 20.3. The fourth-order valence-electron chi connectivity index (χ4n) is 5.33. The molecule has 0 saturated heterocycles. The van der Waals surface area contributed by atoms with Crippen molar-refractivity contribution in [2.45, 2.75) is 11.6 Å². The van der Waals surface area contributed by atoms with E-state index in [0.29, 0.717) is 11.0 Å². The third kappa shape index (κ3) is 5.04. The van der Waals surface area contributed by atoms with Crippen LogP contribution in [0.3, 0.4) is 0 Å². The van der Waals surface area contributed by atoms with Crippen LogP contribution in [0.25, 0.3) is 11.0 Å². The number of benzene rings is 4. The van der Waals surface area contributed by atoms with E-state index in [-0.39, 0.29) is 23.7 Å². The summed E-state index contributed by atoms with van der Waals surface area (Å²) in [6.07, 6.45) is 0. The number of imidazole rings is 1. The van der Waals surface area contributed by atoms with Crippen LogP contribution in [0.1, 0.15) is 16.7 Å². The van der Waals surface area contributed by atoms with Crippen LogP contribution in [0.15, 0.2) is 108 Å². The number of carbonyl (C=O) groups is 1. The normalized spacial score (nSPS) is 12.2. The van der Waals surface area contributed by atoms with Crippen molar-refractivity contribution in [3.05, 3.63) is 140 Å². The number of methoxy groups -OCH3 is 1. The smallest absolute Gasteiger partial charge is 0.328 e. The quantitative estimate of drug-likeness (QED) is 0.116. The highest BCUT2D eigenvalue weighted by molar-refractivity contribution is 5.82. The van der Waals surface area contributed by atoms with Crippen molar-refractivity contribution in [3.63, 3.8) is 0 Å². The predicted octanol–water partition coefficient (Wildman–Crippen LogP) is 4.29. The number of ether oxygens (including phenoxy) is 2. The van der Waals surface area contributed by atoms with Crippen molar-refractivity contribution in [3.8, 4) is 5.75 Å². The molecule has 0 aliphatic rings. The molecule has 0 radical (unpaired) electrons. The fourth-order valence-corrected chi connectivity index (χ4v) is 5.33. The first-order valence-corrected chi connectivity index (χ1v) is 13.3. The van der Waals surface area contributed by atoms with Crippen LogP contribution < -0.4 is 15.7 Å². The largest absolute Gasteiger partial charge is 0.484 e. The lowest BCUT2D eigenvalue weighted by Crippen LogP contribution is -2.55. The Kier molecular flexibility index (Phi) is 7.90. The second-order valence-electron chi connectivity index (χ2n) is 9.85. The van der Waals surface area contributed by atoms with E-state index >= 15 is 0 Å². The van der Waals surface area contributed by atoms with Gasteiger partial charge in [-0.15, -0.1) is 0 Å². The molecule has 1 atom stereocenters. The standard InChI is InChI=1S/C32H30N4O6/c1-34-26-19-28(36(39)40)29(20-27(26)35(2)31(34)38)42-21-25(30(37)41-3)33-32(22-13-7-4-8-14-22,23-15-9-5-10-16-23)24-17-11-6-12-18-24/h4-20,25,33H,21H2,1-3H3/t25-/m0/s1. The number of carbonyl (C=O) groups excluding carboxylic acids is 1. The Hall–Kier alpha value is -5.22. The minimum Gasteiger partial charge on any atom is -0.484 e. The molecule has 5 aromatic rings. The molecule has 0 amide bonds. The highest BCUT2D eigenvalue weighted by atomic mass is 16.6. The second-order valence-corrected chi connectivity index (χ2v) is 9.85. The van der Waals surface area contributed by atoms with E-state index in [2.05, 4.69) is 5.32 Å². The number of nitrogens with one attached hydrogen (secondary N) is 1. The molecule has 214 valence electrons. The van der Waals surface area contributed by atoms with E-state index in [4.69, 9.17) is 9.47 Å². The third-order valence-electron chi connectivity index (χ3n) is 7.45. The summed E-state index contributed by atoms with van der Waals surface area (Å²) >= 11 is 0. The number of aryl methyl sites for hydroxylation is 2. The lowest BCUT2D eigenvalue weighted by atomic mass is 9.76. The summed E-state index contributed by atoms with van der Waals surface area (Å²) in [7, 11) is 4.40. The van der Waals surface area contributed by atoms with E-state index in [9.17, 15) is 19.7 Å². The van der Waals surface area contributed by atoms with Gasteiger partial charge in [0.05, 0.1) is 28.6 Å². The first-order valence-electron chi connectivity index (χ1n) is 13.3. The lowest BCUT2D eigenvalue weighted by molar-refractivity contribution is -0.385. The Morgan fingerprint density at radius 2 is 1.31 bits per heavy atom. The van der Waals surface area contributed by atoms with Crippen LogP contribution in [0.4, 0.5) is 5.69 Å². The second kappa shape index (κ2) is 11.7. The number of fused-ring (bicyclic) bond motifs is 1. The molecule has 1 heterocycles. The number of hydrogen-bond acceptors (Lipinski definition) is 7. The van der Waals surface area contributed by atoms with Crippen molar-refractivity contribution >= 4 is 22.7 Å². The summed E-state index contributed by atoms with van der Waals surface area (Å²) in [5, 5.41) is 15.5. The molecule has 10 heteroatoms. The maximum Gasteiger partial charge on any atom is 0.328 e. The molecule has 0 spiro atoms. The number of esters is 1. The zero-order chi connectivity index (χ0) is 29.9. The minimum atomic E-state index is -1.06.